The van der Waals surface area contributed by atoms with Crippen LogP contribution in [-0.4, -0.2) is 51.0 Å². The second-order valence-corrected chi connectivity index (χ2v) is 7.47. The van der Waals surface area contributed by atoms with Crippen molar-refractivity contribution in [1.82, 2.24) is 29.6 Å². The van der Waals surface area contributed by atoms with Crippen LogP contribution in [0.3, 0.4) is 0 Å². The van der Waals surface area contributed by atoms with E-state index in [0.29, 0.717) is 41.2 Å². The lowest BCUT2D eigenvalue weighted by Crippen LogP contribution is -2.30. The van der Waals surface area contributed by atoms with Crippen molar-refractivity contribution in [2.24, 2.45) is 12.0 Å². The van der Waals surface area contributed by atoms with E-state index in [2.05, 4.69) is 20.4 Å². The third-order valence-corrected chi connectivity index (χ3v) is 5.10. The van der Waals surface area contributed by atoms with Gasteiger partial charge in [-0.15, -0.1) is 0 Å². The number of hydrogen-bond donors (Lipinski definition) is 1. The predicted octanol–water partition coefficient (Wildman–Crippen LogP) is 2.36. The summed E-state index contributed by atoms with van der Waals surface area (Å²) in [5.41, 5.74) is 3.04. The molecule has 0 unspecified atom stereocenters. The summed E-state index contributed by atoms with van der Waals surface area (Å²) in [7, 11) is 4.68. The molecule has 1 amide bonds. The maximum atomic E-state index is 15.0. The number of nitrogens with one attached hydrogen (secondary N) is 1. The Morgan fingerprint density at radius 2 is 2.03 bits per heavy atom. The second kappa shape index (κ2) is 9.69. The molecule has 3 aromatic heterocycles. The van der Waals surface area contributed by atoms with Gasteiger partial charge < -0.3 is 19.4 Å². The minimum Gasteiger partial charge on any atom is -0.497 e. The van der Waals surface area contributed by atoms with Gasteiger partial charge in [-0.3, -0.25) is 14.5 Å². The Bertz CT molecular complexity index is 1430. The molecule has 0 atom stereocenters. The number of aryl methyl sites for hydroxylation is 1. The van der Waals surface area contributed by atoms with E-state index >= 15 is 0 Å². The molecule has 176 valence electrons. The van der Waals surface area contributed by atoms with Crippen LogP contribution in [0.2, 0.25) is 0 Å². The minimum absolute atomic E-state index is 0.0161. The van der Waals surface area contributed by atoms with Gasteiger partial charge in [0.25, 0.3) is 0 Å². The van der Waals surface area contributed by atoms with Crippen molar-refractivity contribution in [3.63, 3.8) is 0 Å². The molecule has 0 saturated carbocycles. The standard InChI is InChI=1S/C23H24FN7O3/c1-14(32)25-7-8-31-21(28-18-9-16(33-3)10-20(34-4)22(18)24)6-5-17-23(31)29-19(12-26-17)15-11-27-30(2)13-15/h5-6,9-13H,7-8H2,1-4H3,(H,25,32). The zero-order valence-electron chi connectivity index (χ0n) is 19.2. The van der Waals surface area contributed by atoms with Gasteiger partial charge >= 0.3 is 0 Å². The van der Waals surface area contributed by atoms with Gasteiger partial charge in [0.2, 0.25) is 5.91 Å². The number of nitrogens with zero attached hydrogens (tertiary/aromatic N) is 6. The highest BCUT2D eigenvalue weighted by atomic mass is 19.1. The minimum atomic E-state index is -0.619. The fraction of sp³-hybridized carbons (Fsp3) is 0.261. The number of aromatic nitrogens is 5. The third-order valence-electron chi connectivity index (χ3n) is 5.10. The van der Waals surface area contributed by atoms with Crippen molar-refractivity contribution < 1.29 is 18.7 Å². The fourth-order valence-corrected chi connectivity index (χ4v) is 3.44. The largest absolute Gasteiger partial charge is 0.497 e. The molecule has 0 saturated heterocycles. The molecular weight excluding hydrogens is 441 g/mol. The Morgan fingerprint density at radius 3 is 2.71 bits per heavy atom. The van der Waals surface area contributed by atoms with Gasteiger partial charge in [-0.2, -0.15) is 5.10 Å². The van der Waals surface area contributed by atoms with Crippen molar-refractivity contribution >= 4 is 22.8 Å². The maximum absolute atomic E-state index is 15.0. The van der Waals surface area contributed by atoms with Gasteiger partial charge in [0.15, 0.2) is 17.2 Å². The lowest BCUT2D eigenvalue weighted by atomic mass is 10.2. The summed E-state index contributed by atoms with van der Waals surface area (Å²) in [6, 6.07) is 6.42. The lowest BCUT2D eigenvalue weighted by molar-refractivity contribution is -0.118. The summed E-state index contributed by atoms with van der Waals surface area (Å²) in [5, 5.41) is 6.96. The number of halogens is 1. The van der Waals surface area contributed by atoms with E-state index in [0.717, 1.165) is 5.56 Å². The summed E-state index contributed by atoms with van der Waals surface area (Å²) < 4.78 is 28.8. The number of benzene rings is 1. The Kier molecular flexibility index (Phi) is 6.53. The van der Waals surface area contributed by atoms with Crippen molar-refractivity contribution in [1.29, 1.82) is 0 Å². The van der Waals surface area contributed by atoms with E-state index in [1.165, 1.54) is 33.3 Å². The summed E-state index contributed by atoms with van der Waals surface area (Å²) in [6.45, 7) is 2.10. The molecule has 0 radical (unpaired) electrons. The summed E-state index contributed by atoms with van der Waals surface area (Å²) in [5.74, 6) is -0.361. The maximum Gasteiger partial charge on any atom is 0.216 e. The molecule has 10 nitrogen and oxygen atoms in total. The predicted molar refractivity (Wildman–Crippen MR) is 123 cm³/mol. The van der Waals surface area contributed by atoms with Crippen LogP contribution in [0, 0.1) is 5.82 Å². The van der Waals surface area contributed by atoms with E-state index in [1.807, 2.05) is 13.2 Å². The molecule has 34 heavy (non-hydrogen) atoms. The van der Waals surface area contributed by atoms with Gasteiger partial charge in [-0.05, 0) is 12.1 Å². The van der Waals surface area contributed by atoms with Crippen LogP contribution in [0.4, 0.5) is 10.1 Å². The highest BCUT2D eigenvalue weighted by Crippen LogP contribution is 2.32. The number of fused-ring (bicyclic) bond motifs is 1. The molecular formula is C23H24FN7O3. The Morgan fingerprint density at radius 1 is 1.21 bits per heavy atom. The first kappa shape index (κ1) is 22.9. The quantitative estimate of drug-likeness (QED) is 0.449. The summed E-state index contributed by atoms with van der Waals surface area (Å²) in [6.07, 6.45) is 5.20. The number of pyridine rings is 1. The molecule has 3 heterocycles. The van der Waals surface area contributed by atoms with Gasteiger partial charge in [-0.25, -0.2) is 14.4 Å². The Labute approximate surface area is 194 Å². The molecule has 4 rings (SSSR count). The normalized spacial score (nSPS) is 11.6. The lowest BCUT2D eigenvalue weighted by Gasteiger charge is -2.13. The number of amides is 1. The van der Waals surface area contributed by atoms with Crippen molar-refractivity contribution in [2.45, 2.75) is 13.5 Å². The summed E-state index contributed by atoms with van der Waals surface area (Å²) >= 11 is 0. The van der Waals surface area contributed by atoms with Crippen molar-refractivity contribution in [3.8, 4) is 22.8 Å². The SMILES string of the molecule is COc1cc(N=c2ccc3ncc(-c4cnn(C)c4)nc3n2CCNC(C)=O)c(F)c(OC)c1. The third kappa shape index (κ3) is 4.72. The van der Waals surface area contributed by atoms with E-state index in [-0.39, 0.29) is 17.3 Å². The number of rotatable bonds is 7. The van der Waals surface area contributed by atoms with Crippen LogP contribution in [0.1, 0.15) is 6.92 Å². The highest BCUT2D eigenvalue weighted by molar-refractivity contribution is 5.74. The van der Waals surface area contributed by atoms with Gasteiger partial charge in [0.05, 0.1) is 32.3 Å². The molecule has 0 aliphatic carbocycles. The zero-order valence-corrected chi connectivity index (χ0v) is 19.2. The monoisotopic (exact) mass is 465 g/mol. The molecule has 0 aliphatic rings. The second-order valence-electron chi connectivity index (χ2n) is 7.47. The van der Waals surface area contributed by atoms with Crippen LogP contribution in [0.25, 0.3) is 22.4 Å². The number of carbonyl (C=O) groups excluding carboxylic acids is 1. The van der Waals surface area contributed by atoms with E-state index in [9.17, 15) is 9.18 Å². The molecule has 4 aromatic rings. The van der Waals surface area contributed by atoms with Gasteiger partial charge in [0, 0.05) is 51.0 Å². The molecule has 0 fully saturated rings. The fourth-order valence-electron chi connectivity index (χ4n) is 3.44. The van der Waals surface area contributed by atoms with E-state index in [1.54, 1.807) is 33.8 Å². The van der Waals surface area contributed by atoms with Crippen molar-refractivity contribution in [2.75, 3.05) is 20.8 Å². The number of hydrogen-bond acceptors (Lipinski definition) is 7. The van der Waals surface area contributed by atoms with E-state index in [4.69, 9.17) is 14.5 Å². The highest BCUT2D eigenvalue weighted by Gasteiger charge is 2.13. The smallest absolute Gasteiger partial charge is 0.216 e. The Hall–Kier alpha value is -4.28. The van der Waals surface area contributed by atoms with Crippen LogP contribution >= 0.6 is 0 Å². The number of ether oxygens (including phenoxy) is 2. The molecule has 1 aromatic carbocycles. The first-order chi connectivity index (χ1) is 16.4. The topological polar surface area (TPSA) is 108 Å². The first-order valence-corrected chi connectivity index (χ1v) is 10.5. The molecule has 0 spiro atoms. The zero-order chi connectivity index (χ0) is 24.2. The Balaban J connectivity index is 1.92. The number of carbonyl (C=O) groups is 1. The number of methoxy groups -OCH3 is 2. The van der Waals surface area contributed by atoms with E-state index < -0.39 is 5.82 Å². The van der Waals surface area contributed by atoms with Crippen LogP contribution < -0.4 is 20.3 Å². The summed E-state index contributed by atoms with van der Waals surface area (Å²) in [4.78, 5) is 25.3. The van der Waals surface area contributed by atoms with Crippen LogP contribution in [0.15, 0.2) is 47.8 Å². The molecule has 1 N–H and O–H groups in total. The molecule has 11 heteroatoms. The average molecular weight is 465 g/mol. The van der Waals surface area contributed by atoms with Crippen LogP contribution in [-0.2, 0) is 18.4 Å². The average Bonchev–Trinajstić information content (AvgIpc) is 3.27. The molecule has 0 bridgehead atoms. The van der Waals surface area contributed by atoms with Crippen molar-refractivity contribution in [3.05, 3.63) is 54.2 Å². The molecule has 0 aliphatic heterocycles. The van der Waals surface area contributed by atoms with Crippen LogP contribution in [0.5, 0.6) is 11.5 Å². The van der Waals surface area contributed by atoms with Gasteiger partial charge in [-0.1, -0.05) is 0 Å². The first-order valence-electron chi connectivity index (χ1n) is 10.5. The van der Waals surface area contributed by atoms with Gasteiger partial charge in [0.1, 0.15) is 22.4 Å².